The second-order valence-corrected chi connectivity index (χ2v) is 4.75. The number of rotatable bonds is 1. The van der Waals surface area contributed by atoms with E-state index in [4.69, 9.17) is 23.2 Å². The molecule has 0 bridgehead atoms. The maximum atomic E-state index is 11.8. The first-order chi connectivity index (χ1) is 9.56. The minimum Gasteiger partial charge on any atom is -0.505 e. The Kier molecular flexibility index (Phi) is 2.92. The monoisotopic (exact) mass is 311 g/mol. The van der Waals surface area contributed by atoms with E-state index in [1.807, 2.05) is 0 Å². The number of aromatic hydroxyl groups is 1. The number of halogens is 2. The molecular weight excluding hydrogens is 305 g/mol. The first-order valence-electron chi connectivity index (χ1n) is 5.47. The summed E-state index contributed by atoms with van der Waals surface area (Å²) >= 11 is 12.1. The lowest BCUT2D eigenvalue weighted by atomic mass is 10.1. The van der Waals surface area contributed by atoms with Crippen molar-refractivity contribution in [1.82, 2.24) is 14.6 Å². The molecule has 0 radical (unpaired) electrons. The molecule has 0 fully saturated rings. The number of carbonyl (C=O) groups is 1. The number of ether oxygens (including phenoxy) is 1. The second kappa shape index (κ2) is 4.50. The molecule has 0 spiro atoms. The first kappa shape index (κ1) is 13.0. The molecule has 0 atom stereocenters. The van der Waals surface area contributed by atoms with Crippen molar-refractivity contribution in [2.45, 2.75) is 0 Å². The van der Waals surface area contributed by atoms with Crippen LogP contribution in [0.25, 0.3) is 16.4 Å². The van der Waals surface area contributed by atoms with Crippen LogP contribution in [0.15, 0.2) is 18.5 Å². The smallest absolute Gasteiger partial charge is 0.360 e. The highest BCUT2D eigenvalue weighted by molar-refractivity contribution is 6.46. The zero-order valence-corrected chi connectivity index (χ0v) is 11.6. The molecule has 20 heavy (non-hydrogen) atoms. The predicted octanol–water partition coefficient (Wildman–Crippen LogP) is 2.68. The molecule has 3 aromatic rings. The maximum Gasteiger partial charge on any atom is 0.360 e. The van der Waals surface area contributed by atoms with Gasteiger partial charge in [-0.05, 0) is 12.1 Å². The number of benzene rings is 1. The Morgan fingerprint density at radius 2 is 2.15 bits per heavy atom. The van der Waals surface area contributed by atoms with Gasteiger partial charge in [-0.1, -0.05) is 23.2 Å². The van der Waals surface area contributed by atoms with E-state index in [0.29, 0.717) is 21.4 Å². The highest BCUT2D eigenvalue weighted by Gasteiger charge is 2.23. The van der Waals surface area contributed by atoms with Crippen LogP contribution in [0.5, 0.6) is 5.75 Å². The Bertz CT molecular complexity index is 860. The summed E-state index contributed by atoms with van der Waals surface area (Å²) in [4.78, 5) is 15.9. The van der Waals surface area contributed by atoms with Crippen molar-refractivity contribution in [2.24, 2.45) is 0 Å². The molecule has 0 saturated carbocycles. The van der Waals surface area contributed by atoms with Crippen LogP contribution in [-0.4, -0.2) is 32.8 Å². The molecule has 6 nitrogen and oxygen atoms in total. The van der Waals surface area contributed by atoms with E-state index in [0.717, 1.165) is 0 Å². The molecular formula is C12H7Cl2N3O3. The molecule has 2 aromatic heterocycles. The van der Waals surface area contributed by atoms with E-state index < -0.39 is 5.97 Å². The van der Waals surface area contributed by atoms with Gasteiger partial charge in [-0.15, -0.1) is 0 Å². The van der Waals surface area contributed by atoms with Crippen LogP contribution in [0.2, 0.25) is 10.0 Å². The number of esters is 1. The minimum absolute atomic E-state index is 0.120. The summed E-state index contributed by atoms with van der Waals surface area (Å²) in [5.74, 6) is -1.02. The first-order valence-corrected chi connectivity index (χ1v) is 6.22. The van der Waals surface area contributed by atoms with Crippen LogP contribution < -0.4 is 0 Å². The molecule has 1 N–H and O–H groups in total. The molecule has 0 aliphatic rings. The lowest BCUT2D eigenvalue weighted by Crippen LogP contribution is -2.10. The van der Waals surface area contributed by atoms with Crippen LogP contribution in [0.4, 0.5) is 0 Å². The highest BCUT2D eigenvalue weighted by Crippen LogP contribution is 2.38. The number of methoxy groups -OCH3 is 1. The van der Waals surface area contributed by atoms with Gasteiger partial charge in [0.15, 0.2) is 17.1 Å². The van der Waals surface area contributed by atoms with Gasteiger partial charge in [0.25, 0.3) is 0 Å². The molecule has 102 valence electrons. The SMILES string of the molecule is COC(=O)c1c(O)c2ccc(Cl)c(Cl)c2c2ncnn12. The van der Waals surface area contributed by atoms with Crippen molar-refractivity contribution >= 4 is 45.6 Å². The third-order valence-corrected chi connectivity index (χ3v) is 3.74. The fourth-order valence-corrected chi connectivity index (χ4v) is 2.46. The average molecular weight is 312 g/mol. The lowest BCUT2D eigenvalue weighted by molar-refractivity contribution is 0.0587. The van der Waals surface area contributed by atoms with Gasteiger partial charge in [0.1, 0.15) is 6.33 Å². The summed E-state index contributed by atoms with van der Waals surface area (Å²) in [6, 6.07) is 3.08. The van der Waals surface area contributed by atoms with Crippen LogP contribution in [0.1, 0.15) is 10.5 Å². The Balaban J connectivity index is 2.60. The molecule has 0 amide bonds. The van der Waals surface area contributed by atoms with E-state index in [9.17, 15) is 9.90 Å². The maximum absolute atomic E-state index is 11.8. The summed E-state index contributed by atoms with van der Waals surface area (Å²) in [5, 5.41) is 15.5. The predicted molar refractivity (Wildman–Crippen MR) is 73.5 cm³/mol. The van der Waals surface area contributed by atoms with Crippen LogP contribution in [0.3, 0.4) is 0 Å². The summed E-state index contributed by atoms with van der Waals surface area (Å²) < 4.78 is 5.82. The molecule has 1 aromatic carbocycles. The van der Waals surface area contributed by atoms with Gasteiger partial charge >= 0.3 is 5.97 Å². The summed E-state index contributed by atoms with van der Waals surface area (Å²) in [6.07, 6.45) is 1.25. The molecule has 3 rings (SSSR count). The van der Waals surface area contributed by atoms with E-state index >= 15 is 0 Å². The molecule has 0 unspecified atom stereocenters. The van der Waals surface area contributed by atoms with Crippen molar-refractivity contribution in [3.05, 3.63) is 34.2 Å². The minimum atomic E-state index is -0.731. The van der Waals surface area contributed by atoms with Gasteiger partial charge in [0.05, 0.1) is 22.5 Å². The number of fused-ring (bicyclic) bond motifs is 3. The Labute approximate surface area is 122 Å². The molecule has 0 saturated heterocycles. The van der Waals surface area contributed by atoms with Gasteiger partial charge in [0, 0.05) is 5.39 Å². The number of carbonyl (C=O) groups excluding carboxylic acids is 1. The van der Waals surface area contributed by atoms with E-state index in [1.165, 1.54) is 24.0 Å². The normalized spacial score (nSPS) is 11.2. The van der Waals surface area contributed by atoms with Crippen molar-refractivity contribution < 1.29 is 14.6 Å². The summed E-state index contributed by atoms with van der Waals surface area (Å²) in [6.45, 7) is 0. The molecule has 0 aliphatic heterocycles. The van der Waals surface area contributed by atoms with Gasteiger partial charge < -0.3 is 9.84 Å². The van der Waals surface area contributed by atoms with Crippen molar-refractivity contribution in [2.75, 3.05) is 7.11 Å². The summed E-state index contributed by atoms with van der Waals surface area (Å²) in [5.41, 5.74) is 0.191. The number of pyridine rings is 1. The molecule has 2 heterocycles. The largest absolute Gasteiger partial charge is 0.505 e. The number of hydrogen-bond acceptors (Lipinski definition) is 5. The molecule has 8 heteroatoms. The zero-order chi connectivity index (χ0) is 14.4. The number of aromatic nitrogens is 3. The lowest BCUT2D eigenvalue weighted by Gasteiger charge is -2.10. The van der Waals surface area contributed by atoms with E-state index in [1.54, 1.807) is 6.07 Å². The van der Waals surface area contributed by atoms with Crippen molar-refractivity contribution in [3.63, 3.8) is 0 Å². The fourth-order valence-electron chi connectivity index (χ4n) is 2.05. The van der Waals surface area contributed by atoms with Gasteiger partial charge in [-0.2, -0.15) is 5.10 Å². The van der Waals surface area contributed by atoms with Crippen LogP contribution >= 0.6 is 23.2 Å². The van der Waals surface area contributed by atoms with Crippen LogP contribution in [-0.2, 0) is 4.74 Å². The Morgan fingerprint density at radius 1 is 1.40 bits per heavy atom. The summed E-state index contributed by atoms with van der Waals surface area (Å²) in [7, 11) is 1.21. The average Bonchev–Trinajstić information content (AvgIpc) is 2.90. The van der Waals surface area contributed by atoms with Crippen LogP contribution in [0, 0.1) is 0 Å². The van der Waals surface area contributed by atoms with E-state index in [-0.39, 0.29) is 16.5 Å². The van der Waals surface area contributed by atoms with E-state index in [2.05, 4.69) is 14.8 Å². The third kappa shape index (κ3) is 1.62. The second-order valence-electron chi connectivity index (χ2n) is 3.97. The van der Waals surface area contributed by atoms with Crippen molar-refractivity contribution in [3.8, 4) is 5.75 Å². The zero-order valence-electron chi connectivity index (χ0n) is 10.1. The number of nitrogens with zero attached hydrogens (tertiary/aromatic N) is 3. The third-order valence-electron chi connectivity index (χ3n) is 2.94. The van der Waals surface area contributed by atoms with Gasteiger partial charge in [0.2, 0.25) is 0 Å². The Morgan fingerprint density at radius 3 is 2.85 bits per heavy atom. The topological polar surface area (TPSA) is 76.7 Å². The molecule has 0 aliphatic carbocycles. The van der Waals surface area contributed by atoms with Crippen molar-refractivity contribution in [1.29, 1.82) is 0 Å². The highest BCUT2D eigenvalue weighted by atomic mass is 35.5. The van der Waals surface area contributed by atoms with Gasteiger partial charge in [-0.3, -0.25) is 0 Å². The quantitative estimate of drug-likeness (QED) is 0.699. The fraction of sp³-hybridized carbons (Fsp3) is 0.0833. The van der Waals surface area contributed by atoms with Gasteiger partial charge in [-0.25, -0.2) is 14.3 Å². The number of hydrogen-bond donors (Lipinski definition) is 1. The standard InChI is InChI=1S/C12H7Cl2N3O3/c1-20-12(19)9-10(18)5-2-3-6(13)8(14)7(5)11-15-4-16-17(9)11/h2-4,18H,1H3. The Hall–Kier alpha value is -2.05.